The van der Waals surface area contributed by atoms with Crippen molar-refractivity contribution in [1.82, 2.24) is 4.90 Å². The van der Waals surface area contributed by atoms with Gasteiger partial charge in [-0.1, -0.05) is 37.1 Å². The molecular weight excluding hydrogens is 232 g/mol. The van der Waals surface area contributed by atoms with Gasteiger partial charge in [0.1, 0.15) is 0 Å². The van der Waals surface area contributed by atoms with Gasteiger partial charge in [0, 0.05) is 19.6 Å². The number of benzene rings is 1. The van der Waals surface area contributed by atoms with E-state index in [0.29, 0.717) is 0 Å². The first-order valence-electron chi connectivity index (χ1n) is 6.50. The summed E-state index contributed by atoms with van der Waals surface area (Å²) < 4.78 is 0. The minimum absolute atomic E-state index is 0.806. The summed E-state index contributed by atoms with van der Waals surface area (Å²) in [6.07, 6.45) is 2.68. The SMILES string of the molecule is CCC1CCN(CCNc2ccccc2Cl)C1. The highest BCUT2D eigenvalue weighted by Gasteiger charge is 2.19. The number of hydrogen-bond acceptors (Lipinski definition) is 2. The number of nitrogens with zero attached hydrogens (tertiary/aromatic N) is 1. The summed E-state index contributed by atoms with van der Waals surface area (Å²) in [5, 5.41) is 4.20. The molecule has 0 aromatic heterocycles. The average molecular weight is 253 g/mol. The summed E-state index contributed by atoms with van der Waals surface area (Å²) in [4.78, 5) is 2.54. The molecule has 0 spiro atoms. The second-order valence-electron chi connectivity index (χ2n) is 4.77. The van der Waals surface area contributed by atoms with Gasteiger partial charge in [-0.05, 0) is 31.0 Å². The Morgan fingerprint density at radius 1 is 1.41 bits per heavy atom. The molecule has 1 fully saturated rings. The first-order chi connectivity index (χ1) is 8.29. The van der Waals surface area contributed by atoms with Gasteiger partial charge in [0.05, 0.1) is 10.7 Å². The summed E-state index contributed by atoms with van der Waals surface area (Å²) in [6, 6.07) is 7.92. The summed E-state index contributed by atoms with van der Waals surface area (Å²) >= 11 is 6.09. The summed E-state index contributed by atoms with van der Waals surface area (Å²) in [7, 11) is 0. The molecule has 0 saturated carbocycles. The Morgan fingerprint density at radius 2 is 2.24 bits per heavy atom. The van der Waals surface area contributed by atoms with E-state index in [1.807, 2.05) is 24.3 Å². The van der Waals surface area contributed by atoms with Gasteiger partial charge >= 0.3 is 0 Å². The number of likely N-dealkylation sites (tertiary alicyclic amines) is 1. The zero-order chi connectivity index (χ0) is 12.1. The maximum absolute atomic E-state index is 6.09. The van der Waals surface area contributed by atoms with Crippen molar-refractivity contribution in [2.75, 3.05) is 31.5 Å². The molecule has 2 nitrogen and oxygen atoms in total. The molecule has 1 unspecified atom stereocenters. The molecule has 1 aliphatic rings. The first-order valence-corrected chi connectivity index (χ1v) is 6.88. The van der Waals surface area contributed by atoms with Crippen LogP contribution in [0, 0.1) is 5.92 Å². The van der Waals surface area contributed by atoms with Crippen LogP contribution in [0.2, 0.25) is 5.02 Å². The highest BCUT2D eigenvalue weighted by Crippen LogP contribution is 2.21. The van der Waals surface area contributed by atoms with E-state index in [-0.39, 0.29) is 0 Å². The standard InChI is InChI=1S/C14H21ClN2/c1-2-12-7-9-17(11-12)10-8-16-14-6-4-3-5-13(14)15/h3-6,12,16H,2,7-11H2,1H3. The van der Waals surface area contributed by atoms with E-state index >= 15 is 0 Å². The third kappa shape index (κ3) is 3.62. The van der Waals surface area contributed by atoms with Crippen molar-refractivity contribution in [3.8, 4) is 0 Å². The van der Waals surface area contributed by atoms with Gasteiger partial charge in [0.2, 0.25) is 0 Å². The minimum Gasteiger partial charge on any atom is -0.383 e. The van der Waals surface area contributed by atoms with Crippen molar-refractivity contribution >= 4 is 17.3 Å². The molecular formula is C14H21ClN2. The van der Waals surface area contributed by atoms with Crippen LogP contribution in [0.15, 0.2) is 24.3 Å². The fourth-order valence-electron chi connectivity index (χ4n) is 2.40. The molecule has 1 N–H and O–H groups in total. The Hall–Kier alpha value is -0.730. The summed E-state index contributed by atoms with van der Waals surface area (Å²) in [6.45, 7) is 6.89. The van der Waals surface area contributed by atoms with Crippen LogP contribution >= 0.6 is 11.6 Å². The molecule has 1 aromatic rings. The molecule has 0 amide bonds. The predicted molar refractivity (Wildman–Crippen MR) is 74.8 cm³/mol. The number of para-hydroxylation sites is 1. The van der Waals surface area contributed by atoms with Gasteiger partial charge < -0.3 is 10.2 Å². The van der Waals surface area contributed by atoms with Crippen LogP contribution in [0.25, 0.3) is 0 Å². The number of hydrogen-bond donors (Lipinski definition) is 1. The van der Waals surface area contributed by atoms with E-state index in [0.717, 1.165) is 29.7 Å². The normalized spacial score (nSPS) is 20.7. The van der Waals surface area contributed by atoms with Crippen LogP contribution in [0.4, 0.5) is 5.69 Å². The number of rotatable bonds is 5. The molecule has 0 radical (unpaired) electrons. The van der Waals surface area contributed by atoms with E-state index in [1.54, 1.807) is 0 Å². The largest absolute Gasteiger partial charge is 0.383 e. The topological polar surface area (TPSA) is 15.3 Å². The molecule has 0 bridgehead atoms. The van der Waals surface area contributed by atoms with Gasteiger partial charge in [-0.25, -0.2) is 0 Å². The third-order valence-electron chi connectivity index (χ3n) is 3.56. The Kier molecular flexibility index (Phi) is 4.69. The molecule has 94 valence electrons. The Labute approximate surface area is 109 Å². The van der Waals surface area contributed by atoms with E-state index in [9.17, 15) is 0 Å². The van der Waals surface area contributed by atoms with Gasteiger partial charge in [-0.15, -0.1) is 0 Å². The van der Waals surface area contributed by atoms with E-state index in [1.165, 1.54) is 25.9 Å². The third-order valence-corrected chi connectivity index (χ3v) is 3.89. The molecule has 1 heterocycles. The van der Waals surface area contributed by atoms with Gasteiger partial charge in [-0.2, -0.15) is 0 Å². The fourth-order valence-corrected chi connectivity index (χ4v) is 2.60. The van der Waals surface area contributed by atoms with E-state index in [2.05, 4.69) is 17.1 Å². The molecule has 1 aromatic carbocycles. The second kappa shape index (κ2) is 6.27. The molecule has 1 aliphatic heterocycles. The lowest BCUT2D eigenvalue weighted by Crippen LogP contribution is -2.27. The first kappa shape index (κ1) is 12.7. The lowest BCUT2D eigenvalue weighted by atomic mass is 10.1. The zero-order valence-corrected chi connectivity index (χ0v) is 11.2. The minimum atomic E-state index is 0.806. The van der Waals surface area contributed by atoms with Crippen LogP contribution in [-0.2, 0) is 0 Å². The molecule has 1 atom stereocenters. The van der Waals surface area contributed by atoms with Crippen LogP contribution in [-0.4, -0.2) is 31.1 Å². The Morgan fingerprint density at radius 3 is 2.94 bits per heavy atom. The van der Waals surface area contributed by atoms with E-state index < -0.39 is 0 Å². The molecule has 3 heteroatoms. The highest BCUT2D eigenvalue weighted by atomic mass is 35.5. The van der Waals surface area contributed by atoms with Crippen molar-refractivity contribution < 1.29 is 0 Å². The van der Waals surface area contributed by atoms with Crippen molar-refractivity contribution in [3.05, 3.63) is 29.3 Å². The molecule has 2 rings (SSSR count). The number of anilines is 1. The van der Waals surface area contributed by atoms with Crippen LogP contribution in [0.5, 0.6) is 0 Å². The van der Waals surface area contributed by atoms with Crippen molar-refractivity contribution in [2.24, 2.45) is 5.92 Å². The predicted octanol–water partition coefficient (Wildman–Crippen LogP) is 3.48. The fraction of sp³-hybridized carbons (Fsp3) is 0.571. The van der Waals surface area contributed by atoms with Gasteiger partial charge in [0.25, 0.3) is 0 Å². The summed E-state index contributed by atoms with van der Waals surface area (Å²) in [5.41, 5.74) is 1.04. The quantitative estimate of drug-likeness (QED) is 0.863. The zero-order valence-electron chi connectivity index (χ0n) is 10.5. The lowest BCUT2D eigenvalue weighted by molar-refractivity contribution is 0.335. The average Bonchev–Trinajstić information content (AvgIpc) is 2.80. The number of halogens is 1. The smallest absolute Gasteiger partial charge is 0.0637 e. The van der Waals surface area contributed by atoms with Crippen molar-refractivity contribution in [1.29, 1.82) is 0 Å². The lowest BCUT2D eigenvalue weighted by Gasteiger charge is -2.16. The summed E-state index contributed by atoms with van der Waals surface area (Å²) in [5.74, 6) is 0.912. The van der Waals surface area contributed by atoms with Crippen LogP contribution < -0.4 is 5.32 Å². The second-order valence-corrected chi connectivity index (χ2v) is 5.18. The van der Waals surface area contributed by atoms with Crippen molar-refractivity contribution in [2.45, 2.75) is 19.8 Å². The highest BCUT2D eigenvalue weighted by molar-refractivity contribution is 6.33. The Bertz CT molecular complexity index is 354. The molecule has 17 heavy (non-hydrogen) atoms. The molecule has 1 saturated heterocycles. The van der Waals surface area contributed by atoms with Gasteiger partial charge in [0.15, 0.2) is 0 Å². The molecule has 0 aliphatic carbocycles. The van der Waals surface area contributed by atoms with E-state index in [4.69, 9.17) is 11.6 Å². The maximum Gasteiger partial charge on any atom is 0.0637 e. The number of nitrogens with one attached hydrogen (secondary N) is 1. The maximum atomic E-state index is 6.09. The van der Waals surface area contributed by atoms with Crippen molar-refractivity contribution in [3.63, 3.8) is 0 Å². The van der Waals surface area contributed by atoms with Gasteiger partial charge in [-0.3, -0.25) is 0 Å². The monoisotopic (exact) mass is 252 g/mol. The Balaban J connectivity index is 1.72. The van der Waals surface area contributed by atoms with Crippen LogP contribution in [0.1, 0.15) is 19.8 Å². The van der Waals surface area contributed by atoms with Crippen LogP contribution in [0.3, 0.4) is 0 Å².